The molecule has 3 rings (SSSR count). The Kier molecular flexibility index (Phi) is 2.57. The number of anilines is 1. The van der Waals surface area contributed by atoms with Crippen molar-refractivity contribution in [2.75, 3.05) is 5.73 Å². The third-order valence-corrected chi connectivity index (χ3v) is 3.76. The molecule has 0 bridgehead atoms. The Bertz CT molecular complexity index is 625. The average Bonchev–Trinajstić information content (AvgIpc) is 2.94. The minimum Gasteiger partial charge on any atom is -0.399 e. The van der Waals surface area contributed by atoms with Gasteiger partial charge in [0.2, 0.25) is 0 Å². The first-order valence-electron chi connectivity index (χ1n) is 5.56. The number of aromatic nitrogens is 2. The van der Waals surface area contributed by atoms with Crippen LogP contribution < -0.4 is 5.73 Å². The van der Waals surface area contributed by atoms with Crippen LogP contribution in [0.3, 0.4) is 0 Å². The predicted octanol–water partition coefficient (Wildman–Crippen LogP) is 2.92. The van der Waals surface area contributed by atoms with E-state index in [1.54, 1.807) is 11.3 Å². The zero-order valence-corrected chi connectivity index (χ0v) is 10.2. The van der Waals surface area contributed by atoms with E-state index in [2.05, 4.69) is 22.6 Å². The van der Waals surface area contributed by atoms with Crippen LogP contribution in [0.2, 0.25) is 0 Å². The molecular weight excluding hydrogens is 230 g/mol. The van der Waals surface area contributed by atoms with Crippen LogP contribution in [0.4, 0.5) is 5.69 Å². The number of hydrogen-bond donors (Lipinski definition) is 1. The number of nitrogens with two attached hydrogens (primary N) is 1. The average molecular weight is 243 g/mol. The molecule has 0 atom stereocenters. The molecule has 2 N–H and O–H groups in total. The van der Waals surface area contributed by atoms with Gasteiger partial charge in [0.15, 0.2) is 0 Å². The van der Waals surface area contributed by atoms with E-state index in [1.165, 1.54) is 4.88 Å². The summed E-state index contributed by atoms with van der Waals surface area (Å²) in [6.45, 7) is 0.896. The molecule has 0 radical (unpaired) electrons. The molecule has 0 spiro atoms. The Hall–Kier alpha value is -1.81. The van der Waals surface area contributed by atoms with Gasteiger partial charge in [0.1, 0.15) is 0 Å². The summed E-state index contributed by atoms with van der Waals surface area (Å²) in [5.41, 5.74) is 7.70. The Morgan fingerprint density at radius 1 is 1.29 bits per heavy atom. The van der Waals surface area contributed by atoms with Crippen molar-refractivity contribution in [1.82, 2.24) is 9.78 Å². The van der Waals surface area contributed by atoms with E-state index in [0.29, 0.717) is 0 Å². The fourth-order valence-corrected chi connectivity index (χ4v) is 2.63. The van der Waals surface area contributed by atoms with Crippen molar-refractivity contribution in [2.24, 2.45) is 0 Å². The number of rotatable bonds is 3. The van der Waals surface area contributed by atoms with Crippen molar-refractivity contribution in [3.8, 4) is 0 Å². The minimum atomic E-state index is 0.787. The van der Waals surface area contributed by atoms with Crippen LogP contribution in [-0.2, 0) is 13.0 Å². The van der Waals surface area contributed by atoms with Crippen molar-refractivity contribution in [3.63, 3.8) is 0 Å². The molecule has 0 unspecified atom stereocenters. The smallest absolute Gasteiger partial charge is 0.0703 e. The summed E-state index contributed by atoms with van der Waals surface area (Å²) in [5.74, 6) is 0. The summed E-state index contributed by atoms with van der Waals surface area (Å²) in [5, 5.41) is 7.65. The van der Waals surface area contributed by atoms with E-state index in [9.17, 15) is 0 Å². The Balaban J connectivity index is 1.87. The highest BCUT2D eigenvalue weighted by molar-refractivity contribution is 7.09. The van der Waals surface area contributed by atoms with Gasteiger partial charge in [-0.15, -0.1) is 11.3 Å². The first-order chi connectivity index (χ1) is 8.33. The van der Waals surface area contributed by atoms with Crippen LogP contribution in [0, 0.1) is 0 Å². The lowest BCUT2D eigenvalue weighted by Gasteiger charge is -2.02. The van der Waals surface area contributed by atoms with Crippen molar-refractivity contribution < 1.29 is 0 Å². The van der Waals surface area contributed by atoms with Gasteiger partial charge in [-0.05, 0) is 29.6 Å². The van der Waals surface area contributed by atoms with Crippen LogP contribution in [-0.4, -0.2) is 9.78 Å². The molecule has 0 amide bonds. The van der Waals surface area contributed by atoms with E-state index in [4.69, 9.17) is 5.73 Å². The van der Waals surface area contributed by atoms with Gasteiger partial charge >= 0.3 is 0 Å². The van der Waals surface area contributed by atoms with Crippen molar-refractivity contribution in [2.45, 2.75) is 13.0 Å². The van der Waals surface area contributed by atoms with Crippen LogP contribution >= 0.6 is 11.3 Å². The maximum Gasteiger partial charge on any atom is 0.0703 e. The molecule has 0 saturated carbocycles. The van der Waals surface area contributed by atoms with E-state index in [1.807, 2.05) is 29.1 Å². The van der Waals surface area contributed by atoms with E-state index >= 15 is 0 Å². The molecule has 1 aromatic carbocycles. The van der Waals surface area contributed by atoms with Crippen LogP contribution in [0.5, 0.6) is 0 Å². The highest BCUT2D eigenvalue weighted by atomic mass is 32.1. The fourth-order valence-electron chi connectivity index (χ4n) is 1.94. The molecule has 2 heterocycles. The molecule has 0 aliphatic rings. The summed E-state index contributed by atoms with van der Waals surface area (Å²) < 4.78 is 2.02. The zero-order chi connectivity index (χ0) is 11.7. The van der Waals surface area contributed by atoms with Gasteiger partial charge in [-0.2, -0.15) is 5.10 Å². The van der Waals surface area contributed by atoms with Crippen LogP contribution in [0.15, 0.2) is 41.9 Å². The maximum atomic E-state index is 5.80. The lowest BCUT2D eigenvalue weighted by molar-refractivity contribution is 0.639. The van der Waals surface area contributed by atoms with E-state index < -0.39 is 0 Å². The van der Waals surface area contributed by atoms with Crippen molar-refractivity contribution in [1.29, 1.82) is 0 Å². The molecule has 2 aromatic heterocycles. The lowest BCUT2D eigenvalue weighted by Crippen LogP contribution is -2.02. The normalized spacial score (nSPS) is 11.1. The topological polar surface area (TPSA) is 43.8 Å². The van der Waals surface area contributed by atoms with E-state index in [-0.39, 0.29) is 0 Å². The van der Waals surface area contributed by atoms with Crippen molar-refractivity contribution >= 4 is 27.9 Å². The zero-order valence-electron chi connectivity index (χ0n) is 9.34. The number of nitrogens with zero attached hydrogens (tertiary/aromatic N) is 2. The Morgan fingerprint density at radius 2 is 2.24 bits per heavy atom. The minimum absolute atomic E-state index is 0.787. The standard InChI is InChI=1S/C13H13N3S/c14-11-4-3-10-9-15-16(13(10)8-11)6-5-12-2-1-7-17-12/h1-4,7-9H,5-6,14H2. The van der Waals surface area contributed by atoms with Crippen LogP contribution in [0.25, 0.3) is 10.9 Å². The largest absolute Gasteiger partial charge is 0.399 e. The summed E-state index contributed by atoms with van der Waals surface area (Å²) in [6.07, 6.45) is 2.91. The highest BCUT2D eigenvalue weighted by Crippen LogP contribution is 2.18. The number of nitrogen functional groups attached to an aromatic ring is 1. The predicted molar refractivity (Wildman–Crippen MR) is 72.2 cm³/mol. The number of hydrogen-bond acceptors (Lipinski definition) is 3. The van der Waals surface area contributed by atoms with Gasteiger partial charge in [0, 0.05) is 28.9 Å². The number of fused-ring (bicyclic) bond motifs is 1. The van der Waals surface area contributed by atoms with Crippen LogP contribution in [0.1, 0.15) is 4.88 Å². The summed E-state index contributed by atoms with van der Waals surface area (Å²) in [6, 6.07) is 10.1. The third kappa shape index (κ3) is 2.03. The maximum absolute atomic E-state index is 5.80. The van der Waals surface area contributed by atoms with Gasteiger partial charge in [-0.25, -0.2) is 0 Å². The third-order valence-electron chi connectivity index (χ3n) is 2.82. The molecule has 86 valence electrons. The molecule has 3 nitrogen and oxygen atoms in total. The second-order valence-electron chi connectivity index (χ2n) is 4.02. The molecule has 17 heavy (non-hydrogen) atoms. The lowest BCUT2D eigenvalue weighted by atomic mass is 10.2. The van der Waals surface area contributed by atoms with Gasteiger partial charge < -0.3 is 5.73 Å². The SMILES string of the molecule is Nc1ccc2cnn(CCc3cccs3)c2c1. The number of benzene rings is 1. The summed E-state index contributed by atoms with van der Waals surface area (Å²) >= 11 is 1.79. The molecule has 0 aliphatic heterocycles. The van der Waals surface area contributed by atoms with E-state index in [0.717, 1.165) is 29.6 Å². The first-order valence-corrected chi connectivity index (χ1v) is 6.44. The number of aryl methyl sites for hydroxylation is 2. The fraction of sp³-hybridized carbons (Fsp3) is 0.154. The molecular formula is C13H13N3S. The molecule has 0 saturated heterocycles. The van der Waals surface area contributed by atoms with Gasteiger partial charge in [-0.3, -0.25) is 4.68 Å². The Morgan fingerprint density at radius 3 is 3.06 bits per heavy atom. The second-order valence-corrected chi connectivity index (χ2v) is 5.05. The Labute approximate surface area is 103 Å². The molecule has 0 aliphatic carbocycles. The molecule has 4 heteroatoms. The molecule has 0 fully saturated rings. The number of thiophene rings is 1. The summed E-state index contributed by atoms with van der Waals surface area (Å²) in [7, 11) is 0. The van der Waals surface area contributed by atoms with Crippen molar-refractivity contribution in [3.05, 3.63) is 46.8 Å². The second kappa shape index (κ2) is 4.22. The quantitative estimate of drug-likeness (QED) is 0.719. The summed E-state index contributed by atoms with van der Waals surface area (Å²) in [4.78, 5) is 1.39. The van der Waals surface area contributed by atoms with Gasteiger partial charge in [0.25, 0.3) is 0 Å². The first kappa shape index (κ1) is 10.4. The van der Waals surface area contributed by atoms with Gasteiger partial charge in [-0.1, -0.05) is 6.07 Å². The highest BCUT2D eigenvalue weighted by Gasteiger charge is 2.03. The molecule has 3 aromatic rings. The van der Waals surface area contributed by atoms with Gasteiger partial charge in [0.05, 0.1) is 11.7 Å². The monoisotopic (exact) mass is 243 g/mol.